The summed E-state index contributed by atoms with van der Waals surface area (Å²) in [6.07, 6.45) is 2.22. The number of thioether (sulfide) groups is 1. The molecule has 1 saturated heterocycles. The van der Waals surface area contributed by atoms with Gasteiger partial charge in [-0.3, -0.25) is 0 Å². The van der Waals surface area contributed by atoms with Crippen LogP contribution >= 0.6 is 11.8 Å². The van der Waals surface area contributed by atoms with Crippen LogP contribution in [0.5, 0.6) is 0 Å². The lowest BCUT2D eigenvalue weighted by atomic mass is 10.0. The van der Waals surface area contributed by atoms with E-state index in [-0.39, 0.29) is 0 Å². The van der Waals surface area contributed by atoms with Gasteiger partial charge < -0.3 is 10.1 Å². The maximum absolute atomic E-state index is 9.34. The lowest BCUT2D eigenvalue weighted by molar-refractivity contribution is 0.0699. The van der Waals surface area contributed by atoms with Crippen molar-refractivity contribution in [2.45, 2.75) is 24.7 Å². The van der Waals surface area contributed by atoms with Gasteiger partial charge in [0.1, 0.15) is 6.07 Å². The standard InChI is InChI=1S/C15H20N2OS/c1-2-19-15-5-3-4-14(13(15)10-16)17-11-12-6-8-18-9-7-12/h3-5,12,17H,2,6-9,11H2,1H3. The zero-order chi connectivity index (χ0) is 13.5. The van der Waals surface area contributed by atoms with Gasteiger partial charge in [-0.25, -0.2) is 0 Å². The number of nitrogens with zero attached hydrogens (tertiary/aromatic N) is 1. The Morgan fingerprint density at radius 1 is 1.42 bits per heavy atom. The third kappa shape index (κ3) is 3.89. The molecule has 1 aromatic carbocycles. The Kier molecular flexibility index (Phi) is 5.56. The van der Waals surface area contributed by atoms with Gasteiger partial charge in [0.05, 0.1) is 11.3 Å². The Hall–Kier alpha value is -1.18. The minimum absolute atomic E-state index is 0.655. The highest BCUT2D eigenvalue weighted by molar-refractivity contribution is 7.99. The van der Waals surface area contributed by atoms with Crippen molar-refractivity contribution in [1.29, 1.82) is 5.26 Å². The molecule has 1 aliphatic rings. The summed E-state index contributed by atoms with van der Waals surface area (Å²) in [6, 6.07) is 8.37. The number of hydrogen-bond acceptors (Lipinski definition) is 4. The highest BCUT2D eigenvalue weighted by atomic mass is 32.2. The third-order valence-corrected chi connectivity index (χ3v) is 4.30. The van der Waals surface area contributed by atoms with Crippen molar-refractivity contribution < 1.29 is 4.74 Å². The normalized spacial score (nSPS) is 16.0. The molecule has 0 atom stereocenters. The van der Waals surface area contributed by atoms with Gasteiger partial charge in [-0.15, -0.1) is 11.8 Å². The van der Waals surface area contributed by atoms with Crippen LogP contribution in [0.2, 0.25) is 0 Å². The average Bonchev–Trinajstić information content (AvgIpc) is 2.46. The highest BCUT2D eigenvalue weighted by Crippen LogP contribution is 2.28. The van der Waals surface area contributed by atoms with Crippen LogP contribution in [0, 0.1) is 17.2 Å². The van der Waals surface area contributed by atoms with Gasteiger partial charge >= 0.3 is 0 Å². The molecular formula is C15H20N2OS. The first-order valence-electron chi connectivity index (χ1n) is 6.82. The Labute approximate surface area is 119 Å². The van der Waals surface area contributed by atoms with Gasteiger partial charge in [0.2, 0.25) is 0 Å². The summed E-state index contributed by atoms with van der Waals surface area (Å²) < 4.78 is 5.36. The predicted octanol–water partition coefficient (Wildman–Crippen LogP) is 3.51. The van der Waals surface area contributed by atoms with Crippen molar-refractivity contribution in [2.75, 3.05) is 30.8 Å². The second-order valence-corrected chi connectivity index (χ2v) is 5.97. The first-order chi connectivity index (χ1) is 9.35. The van der Waals surface area contributed by atoms with Gasteiger partial charge in [-0.2, -0.15) is 5.26 Å². The van der Waals surface area contributed by atoms with Crippen LogP contribution < -0.4 is 5.32 Å². The van der Waals surface area contributed by atoms with Crippen molar-refractivity contribution in [2.24, 2.45) is 5.92 Å². The second-order valence-electron chi connectivity index (χ2n) is 4.66. The summed E-state index contributed by atoms with van der Waals surface area (Å²) >= 11 is 1.72. The van der Waals surface area contributed by atoms with Gasteiger partial charge in [0, 0.05) is 24.7 Å². The summed E-state index contributed by atoms with van der Waals surface area (Å²) in [6.45, 7) is 4.76. The molecule has 2 rings (SSSR count). The smallest absolute Gasteiger partial charge is 0.102 e. The van der Waals surface area contributed by atoms with Crippen molar-refractivity contribution in [3.8, 4) is 6.07 Å². The number of anilines is 1. The van der Waals surface area contributed by atoms with E-state index in [1.54, 1.807) is 11.8 Å². The minimum Gasteiger partial charge on any atom is -0.384 e. The summed E-state index contributed by atoms with van der Waals surface area (Å²) in [5.74, 6) is 1.64. The number of nitrogens with one attached hydrogen (secondary N) is 1. The van der Waals surface area contributed by atoms with E-state index in [1.165, 1.54) is 0 Å². The molecule has 0 bridgehead atoms. The maximum Gasteiger partial charge on any atom is 0.102 e. The van der Waals surface area contributed by atoms with Crippen LogP contribution in [-0.2, 0) is 4.74 Å². The Balaban J connectivity index is 2.02. The fourth-order valence-electron chi connectivity index (χ4n) is 2.27. The van der Waals surface area contributed by atoms with Gasteiger partial charge in [0.25, 0.3) is 0 Å². The number of rotatable bonds is 5. The quantitative estimate of drug-likeness (QED) is 0.836. The average molecular weight is 276 g/mol. The molecular weight excluding hydrogens is 256 g/mol. The minimum atomic E-state index is 0.655. The summed E-state index contributed by atoms with van der Waals surface area (Å²) in [5.41, 5.74) is 1.74. The predicted molar refractivity (Wildman–Crippen MR) is 79.6 cm³/mol. The third-order valence-electron chi connectivity index (χ3n) is 3.36. The highest BCUT2D eigenvalue weighted by Gasteiger charge is 2.14. The van der Waals surface area contributed by atoms with Crippen LogP contribution in [0.15, 0.2) is 23.1 Å². The molecule has 0 aromatic heterocycles. The van der Waals surface area contributed by atoms with Crippen molar-refractivity contribution in [1.82, 2.24) is 0 Å². The Morgan fingerprint density at radius 3 is 2.89 bits per heavy atom. The molecule has 1 aromatic rings. The maximum atomic E-state index is 9.34. The zero-order valence-electron chi connectivity index (χ0n) is 11.3. The van der Waals surface area contributed by atoms with Gasteiger partial charge in [-0.1, -0.05) is 13.0 Å². The van der Waals surface area contributed by atoms with E-state index in [2.05, 4.69) is 18.3 Å². The number of ether oxygens (including phenoxy) is 1. The molecule has 0 spiro atoms. The molecule has 102 valence electrons. The molecule has 0 unspecified atom stereocenters. The lowest BCUT2D eigenvalue weighted by Gasteiger charge is -2.23. The van der Waals surface area contributed by atoms with E-state index in [0.29, 0.717) is 5.92 Å². The van der Waals surface area contributed by atoms with Crippen LogP contribution in [-0.4, -0.2) is 25.5 Å². The second kappa shape index (κ2) is 7.42. The van der Waals surface area contributed by atoms with Gasteiger partial charge in [-0.05, 0) is 36.6 Å². The lowest BCUT2D eigenvalue weighted by Crippen LogP contribution is -2.22. The first kappa shape index (κ1) is 14.2. The molecule has 19 heavy (non-hydrogen) atoms. The molecule has 1 heterocycles. The summed E-state index contributed by atoms with van der Waals surface area (Å²) in [7, 11) is 0. The number of nitriles is 1. The van der Waals surface area contributed by atoms with Crippen molar-refractivity contribution in [3.05, 3.63) is 23.8 Å². The molecule has 1 aliphatic heterocycles. The molecule has 0 aliphatic carbocycles. The van der Waals surface area contributed by atoms with Crippen LogP contribution in [0.4, 0.5) is 5.69 Å². The first-order valence-corrected chi connectivity index (χ1v) is 7.81. The van der Waals surface area contributed by atoms with Crippen molar-refractivity contribution >= 4 is 17.4 Å². The van der Waals surface area contributed by atoms with Crippen LogP contribution in [0.3, 0.4) is 0 Å². The zero-order valence-corrected chi connectivity index (χ0v) is 12.1. The molecule has 0 amide bonds. The monoisotopic (exact) mass is 276 g/mol. The number of benzene rings is 1. The molecule has 1 fully saturated rings. The molecule has 3 nitrogen and oxygen atoms in total. The van der Waals surface area contributed by atoms with Gasteiger partial charge in [0.15, 0.2) is 0 Å². The summed E-state index contributed by atoms with van der Waals surface area (Å²) in [4.78, 5) is 1.07. The van der Waals surface area contributed by atoms with E-state index in [1.807, 2.05) is 18.2 Å². The SMILES string of the molecule is CCSc1cccc(NCC2CCOCC2)c1C#N. The molecule has 4 heteroatoms. The fourth-order valence-corrected chi connectivity index (χ4v) is 3.06. The van der Waals surface area contributed by atoms with Crippen LogP contribution in [0.25, 0.3) is 0 Å². The van der Waals surface area contributed by atoms with Crippen LogP contribution in [0.1, 0.15) is 25.3 Å². The largest absolute Gasteiger partial charge is 0.384 e. The van der Waals surface area contributed by atoms with E-state index < -0.39 is 0 Å². The molecule has 0 radical (unpaired) electrons. The van der Waals surface area contributed by atoms with E-state index in [0.717, 1.165) is 54.5 Å². The Bertz CT molecular complexity index is 450. The number of hydrogen-bond donors (Lipinski definition) is 1. The fraction of sp³-hybridized carbons (Fsp3) is 0.533. The van der Waals surface area contributed by atoms with Crippen molar-refractivity contribution in [3.63, 3.8) is 0 Å². The van der Waals surface area contributed by atoms with E-state index in [4.69, 9.17) is 4.74 Å². The molecule has 0 saturated carbocycles. The Morgan fingerprint density at radius 2 is 2.21 bits per heavy atom. The summed E-state index contributed by atoms with van der Waals surface area (Å²) in [5, 5.41) is 12.8. The van der Waals surface area contributed by atoms with E-state index >= 15 is 0 Å². The van der Waals surface area contributed by atoms with E-state index in [9.17, 15) is 5.26 Å². The topological polar surface area (TPSA) is 45.0 Å². The molecule has 1 N–H and O–H groups in total.